The second-order valence-corrected chi connectivity index (χ2v) is 10.0. The van der Waals surface area contributed by atoms with Crippen LogP contribution in [0.2, 0.25) is 0 Å². The van der Waals surface area contributed by atoms with E-state index in [4.69, 9.17) is 0 Å². The molecule has 0 aliphatic heterocycles. The lowest BCUT2D eigenvalue weighted by atomic mass is 9.68. The van der Waals surface area contributed by atoms with Gasteiger partial charge in [-0.15, -0.1) is 0 Å². The number of benzene rings is 1. The first-order valence-corrected chi connectivity index (χ1v) is 12.2. The molecule has 0 N–H and O–H groups in total. The molecule has 3 heteroatoms. The molecular formula is C27H36F2O. The van der Waals surface area contributed by atoms with Crippen LogP contribution in [0.5, 0.6) is 0 Å². The Labute approximate surface area is 180 Å². The molecule has 0 heterocycles. The lowest BCUT2D eigenvalue weighted by Gasteiger charge is -2.38. The molecule has 0 spiro atoms. The Balaban J connectivity index is 1.30. The monoisotopic (exact) mass is 414 g/mol. The summed E-state index contributed by atoms with van der Waals surface area (Å²) in [5.41, 5.74) is 1.55. The number of hydrogen-bond donors (Lipinski definition) is 0. The normalized spacial score (nSPS) is 30.8. The molecule has 164 valence electrons. The quantitative estimate of drug-likeness (QED) is 0.431. The Bertz CT molecular complexity index is 765. The topological polar surface area (TPSA) is 17.1 Å². The molecule has 2 fully saturated rings. The lowest BCUT2D eigenvalue weighted by molar-refractivity contribution is -0.139. The average Bonchev–Trinajstić information content (AvgIpc) is 2.77. The summed E-state index contributed by atoms with van der Waals surface area (Å²) in [5.74, 6) is -1.28. The van der Waals surface area contributed by atoms with Crippen molar-refractivity contribution in [2.24, 2.45) is 17.8 Å². The molecule has 0 unspecified atom stereocenters. The molecule has 3 aliphatic rings. The van der Waals surface area contributed by atoms with Crippen molar-refractivity contribution in [3.8, 4) is 0 Å². The number of alkyl halides is 2. The van der Waals surface area contributed by atoms with Crippen LogP contribution < -0.4 is 0 Å². The van der Waals surface area contributed by atoms with Gasteiger partial charge in [0.2, 0.25) is 5.78 Å². The molecule has 0 saturated heterocycles. The highest BCUT2D eigenvalue weighted by Crippen LogP contribution is 2.45. The second kappa shape index (κ2) is 9.32. The fourth-order valence-electron chi connectivity index (χ4n) is 6.22. The Morgan fingerprint density at radius 1 is 0.900 bits per heavy atom. The van der Waals surface area contributed by atoms with Crippen molar-refractivity contribution in [3.63, 3.8) is 0 Å². The van der Waals surface area contributed by atoms with E-state index in [9.17, 15) is 13.6 Å². The molecule has 0 radical (unpaired) electrons. The van der Waals surface area contributed by atoms with Gasteiger partial charge >= 0.3 is 5.92 Å². The van der Waals surface area contributed by atoms with Crippen LogP contribution in [0.15, 0.2) is 24.3 Å². The molecule has 30 heavy (non-hydrogen) atoms. The van der Waals surface area contributed by atoms with Gasteiger partial charge < -0.3 is 0 Å². The first-order valence-electron chi connectivity index (χ1n) is 12.2. The van der Waals surface area contributed by atoms with Crippen LogP contribution >= 0.6 is 0 Å². The number of allylic oxidation sites excluding steroid dienone is 1. The summed E-state index contributed by atoms with van der Waals surface area (Å²) in [5, 5.41) is 0. The number of carbonyl (C=O) groups is 1. The minimum absolute atomic E-state index is 0.136. The second-order valence-electron chi connectivity index (χ2n) is 10.0. The third-order valence-electron chi connectivity index (χ3n) is 8.15. The summed E-state index contributed by atoms with van der Waals surface area (Å²) < 4.78 is 28.3. The smallest absolute Gasteiger partial charge is 0.288 e. The number of halogens is 2. The van der Waals surface area contributed by atoms with Crippen LogP contribution in [0.4, 0.5) is 8.78 Å². The van der Waals surface area contributed by atoms with Crippen molar-refractivity contribution in [2.45, 2.75) is 95.8 Å². The van der Waals surface area contributed by atoms with Gasteiger partial charge in [-0.05, 0) is 79.4 Å². The maximum atomic E-state index is 14.1. The zero-order chi connectivity index (χ0) is 21.1. The minimum atomic E-state index is -3.38. The maximum absolute atomic E-state index is 14.1. The van der Waals surface area contributed by atoms with Crippen LogP contribution in [-0.4, -0.2) is 5.78 Å². The number of unbranched alkanes of at least 4 members (excludes halogenated alkanes) is 2. The Hall–Kier alpha value is -1.51. The zero-order valence-electron chi connectivity index (χ0n) is 18.3. The van der Waals surface area contributed by atoms with Gasteiger partial charge in [0.05, 0.1) is 0 Å². The van der Waals surface area contributed by atoms with E-state index in [1.54, 1.807) is 6.08 Å². The Morgan fingerprint density at radius 3 is 2.23 bits per heavy atom. The number of fused-ring (bicyclic) bond motifs is 1. The molecule has 1 aromatic rings. The number of ketones is 1. The van der Waals surface area contributed by atoms with E-state index in [0.29, 0.717) is 11.5 Å². The molecule has 2 saturated carbocycles. The molecule has 0 atom stereocenters. The van der Waals surface area contributed by atoms with Crippen molar-refractivity contribution in [3.05, 3.63) is 41.0 Å². The van der Waals surface area contributed by atoms with E-state index in [1.165, 1.54) is 88.7 Å². The molecule has 0 aromatic heterocycles. The zero-order valence-corrected chi connectivity index (χ0v) is 18.3. The SMILES string of the molecule is CCCCCC1CCC(C2CCC(c3ccc4c(c3)C=CC(=O)C4(F)F)CC2)CC1. The largest absolute Gasteiger partial charge is 0.334 e. The van der Waals surface area contributed by atoms with Gasteiger partial charge in [-0.2, -0.15) is 8.78 Å². The molecule has 0 bridgehead atoms. The van der Waals surface area contributed by atoms with Crippen LogP contribution in [0.1, 0.15) is 107 Å². The van der Waals surface area contributed by atoms with Crippen molar-refractivity contribution >= 4 is 11.9 Å². The van der Waals surface area contributed by atoms with E-state index < -0.39 is 11.7 Å². The molecule has 3 aliphatic carbocycles. The lowest BCUT2D eigenvalue weighted by Crippen LogP contribution is -2.28. The van der Waals surface area contributed by atoms with Gasteiger partial charge in [-0.3, -0.25) is 4.79 Å². The van der Waals surface area contributed by atoms with Crippen molar-refractivity contribution in [2.75, 3.05) is 0 Å². The van der Waals surface area contributed by atoms with E-state index in [0.717, 1.165) is 23.8 Å². The molecule has 4 rings (SSSR count). The molecule has 1 aromatic carbocycles. The van der Waals surface area contributed by atoms with Gasteiger partial charge in [0.25, 0.3) is 0 Å². The summed E-state index contributed by atoms with van der Waals surface area (Å²) in [6.45, 7) is 2.28. The van der Waals surface area contributed by atoms with Gasteiger partial charge in [0.15, 0.2) is 0 Å². The fourth-order valence-corrected chi connectivity index (χ4v) is 6.22. The Kier molecular flexibility index (Phi) is 6.75. The number of rotatable bonds is 6. The van der Waals surface area contributed by atoms with Crippen molar-refractivity contribution in [1.29, 1.82) is 0 Å². The average molecular weight is 415 g/mol. The van der Waals surface area contributed by atoms with Crippen LogP contribution in [0, 0.1) is 17.8 Å². The van der Waals surface area contributed by atoms with Crippen LogP contribution in [0.3, 0.4) is 0 Å². The summed E-state index contributed by atoms with van der Waals surface area (Å²) in [4.78, 5) is 11.5. The first-order chi connectivity index (χ1) is 14.5. The molecule has 1 nitrogen and oxygen atoms in total. The van der Waals surface area contributed by atoms with Gasteiger partial charge in [0, 0.05) is 5.56 Å². The summed E-state index contributed by atoms with van der Waals surface area (Å²) in [6, 6.07) is 5.22. The first kappa shape index (κ1) is 21.7. The van der Waals surface area contributed by atoms with E-state index >= 15 is 0 Å². The van der Waals surface area contributed by atoms with E-state index in [1.807, 2.05) is 12.1 Å². The van der Waals surface area contributed by atoms with E-state index in [-0.39, 0.29) is 5.56 Å². The van der Waals surface area contributed by atoms with Crippen molar-refractivity contribution in [1.82, 2.24) is 0 Å². The summed E-state index contributed by atoms with van der Waals surface area (Å²) in [7, 11) is 0. The van der Waals surface area contributed by atoms with Crippen LogP contribution in [-0.2, 0) is 10.7 Å². The highest BCUT2D eigenvalue weighted by molar-refractivity contribution is 6.02. The third-order valence-corrected chi connectivity index (χ3v) is 8.15. The van der Waals surface area contributed by atoms with Crippen LogP contribution in [0.25, 0.3) is 6.08 Å². The van der Waals surface area contributed by atoms with Gasteiger partial charge in [-0.25, -0.2) is 0 Å². The number of hydrogen-bond acceptors (Lipinski definition) is 1. The van der Waals surface area contributed by atoms with Gasteiger partial charge in [0.1, 0.15) is 0 Å². The van der Waals surface area contributed by atoms with Gasteiger partial charge in [-0.1, -0.05) is 69.7 Å². The summed E-state index contributed by atoms with van der Waals surface area (Å²) in [6.07, 6.45) is 18.7. The fraction of sp³-hybridized carbons (Fsp3) is 0.667. The summed E-state index contributed by atoms with van der Waals surface area (Å²) >= 11 is 0. The highest BCUT2D eigenvalue weighted by atomic mass is 19.3. The molecule has 0 amide bonds. The Morgan fingerprint density at radius 2 is 1.57 bits per heavy atom. The minimum Gasteiger partial charge on any atom is -0.288 e. The molecular weight excluding hydrogens is 378 g/mol. The third kappa shape index (κ3) is 4.55. The standard InChI is InChI=1S/C27H36F2O/c1-2-3-4-5-19-6-8-20(9-7-19)21-10-12-22(13-11-21)23-14-16-25-24(18-23)15-17-26(30)27(25,28)29/h14-22H,2-13H2,1H3. The highest BCUT2D eigenvalue weighted by Gasteiger charge is 2.42. The van der Waals surface area contributed by atoms with Crippen molar-refractivity contribution < 1.29 is 13.6 Å². The number of carbonyl (C=O) groups excluding carboxylic acids is 1. The predicted molar refractivity (Wildman–Crippen MR) is 119 cm³/mol. The maximum Gasteiger partial charge on any atom is 0.334 e. The van der Waals surface area contributed by atoms with E-state index in [2.05, 4.69) is 6.92 Å². The predicted octanol–water partition coefficient (Wildman–Crippen LogP) is 8.03.